The Kier molecular flexibility index (Phi) is 7.50. The third kappa shape index (κ3) is 5.08. The van der Waals surface area contributed by atoms with Crippen molar-refractivity contribution in [2.75, 3.05) is 19.8 Å². The van der Waals surface area contributed by atoms with Gasteiger partial charge in [-0.1, -0.05) is 30.8 Å². The average molecular weight is 642 g/mol. The van der Waals surface area contributed by atoms with Crippen molar-refractivity contribution in [1.29, 1.82) is 0 Å². The molecule has 7 rings (SSSR count). The Bertz CT molecular complexity index is 2000. The van der Waals surface area contributed by atoms with Crippen LogP contribution in [0.25, 0.3) is 43.9 Å². The van der Waals surface area contributed by atoms with Gasteiger partial charge in [0.2, 0.25) is 5.91 Å². The van der Waals surface area contributed by atoms with Gasteiger partial charge in [-0.15, -0.1) is 11.3 Å². The highest BCUT2D eigenvalue weighted by atomic mass is 32.1. The molecule has 1 saturated heterocycles. The SMILES string of the molecule is C=CC(=O)N1Cc2cc(-c3nc(-c4ccc(C5(N)COC5)cc4)c4ccsc4c3-c3c(F)cc(F)cc3OC(C)C)nn2C(C)C1. The van der Waals surface area contributed by atoms with Gasteiger partial charge in [-0.2, -0.15) is 5.10 Å². The van der Waals surface area contributed by atoms with Gasteiger partial charge in [0.1, 0.15) is 28.8 Å². The highest BCUT2D eigenvalue weighted by molar-refractivity contribution is 7.18. The van der Waals surface area contributed by atoms with Crippen LogP contribution in [0.15, 0.2) is 66.6 Å². The molecule has 2 aliphatic heterocycles. The Morgan fingerprint density at radius 2 is 1.91 bits per heavy atom. The maximum Gasteiger partial charge on any atom is 0.246 e. The predicted octanol–water partition coefficient (Wildman–Crippen LogP) is 6.83. The van der Waals surface area contributed by atoms with E-state index < -0.39 is 17.2 Å². The quantitative estimate of drug-likeness (QED) is 0.196. The Morgan fingerprint density at radius 1 is 1.15 bits per heavy atom. The van der Waals surface area contributed by atoms with E-state index in [1.165, 1.54) is 23.5 Å². The van der Waals surface area contributed by atoms with Crippen LogP contribution in [-0.4, -0.2) is 51.4 Å². The Hall–Kier alpha value is -4.45. The van der Waals surface area contributed by atoms with Crippen LogP contribution in [0.1, 0.15) is 38.1 Å². The number of benzene rings is 2. The standard InChI is InChI=1S/C35H33F2N5O3S/c1-5-29(43)41-15-20(4)42-24(16-41)14-27(40-42)33-31(30-26(37)12-23(36)13-28(30)45-19(2)3)34-25(10-11-46-34)32(39-33)21-6-8-22(9-7-21)35(38)17-44-18-35/h5-14,19-20H,1,15-18,38H2,2-4H3. The van der Waals surface area contributed by atoms with Crippen LogP contribution >= 0.6 is 11.3 Å². The van der Waals surface area contributed by atoms with Gasteiger partial charge in [0.15, 0.2) is 0 Å². The van der Waals surface area contributed by atoms with Crippen LogP contribution < -0.4 is 10.5 Å². The molecule has 0 radical (unpaired) electrons. The second kappa shape index (κ2) is 11.4. The molecule has 11 heteroatoms. The first kappa shape index (κ1) is 30.2. The fourth-order valence-electron chi connectivity index (χ4n) is 6.25. The summed E-state index contributed by atoms with van der Waals surface area (Å²) in [6.07, 6.45) is 0.966. The molecule has 2 N–H and O–H groups in total. The van der Waals surface area contributed by atoms with E-state index >= 15 is 4.39 Å². The Labute approximate surface area is 269 Å². The zero-order chi connectivity index (χ0) is 32.3. The molecule has 0 saturated carbocycles. The van der Waals surface area contributed by atoms with E-state index in [-0.39, 0.29) is 29.4 Å². The van der Waals surface area contributed by atoms with Crippen LogP contribution in [0.3, 0.4) is 0 Å². The van der Waals surface area contributed by atoms with Crippen LogP contribution in [0, 0.1) is 11.6 Å². The van der Waals surface area contributed by atoms with Crippen molar-refractivity contribution in [2.45, 2.75) is 45.0 Å². The number of amides is 1. The Balaban J connectivity index is 1.47. The summed E-state index contributed by atoms with van der Waals surface area (Å²) in [7, 11) is 0. The molecule has 236 valence electrons. The highest BCUT2D eigenvalue weighted by Gasteiger charge is 2.36. The summed E-state index contributed by atoms with van der Waals surface area (Å²) >= 11 is 1.44. The zero-order valence-corrected chi connectivity index (χ0v) is 26.5. The molecule has 46 heavy (non-hydrogen) atoms. The van der Waals surface area contributed by atoms with E-state index in [4.69, 9.17) is 25.3 Å². The van der Waals surface area contributed by atoms with Crippen molar-refractivity contribution in [3.05, 3.63) is 89.5 Å². The van der Waals surface area contributed by atoms with Gasteiger partial charge in [-0.05, 0) is 49.9 Å². The van der Waals surface area contributed by atoms with Crippen molar-refractivity contribution in [1.82, 2.24) is 19.7 Å². The van der Waals surface area contributed by atoms with Crippen LogP contribution in [0.4, 0.5) is 8.78 Å². The smallest absolute Gasteiger partial charge is 0.246 e. The molecule has 3 aromatic heterocycles. The van der Waals surface area contributed by atoms with E-state index in [0.717, 1.165) is 33.0 Å². The first-order chi connectivity index (χ1) is 22.1. The van der Waals surface area contributed by atoms with Gasteiger partial charge >= 0.3 is 0 Å². The summed E-state index contributed by atoms with van der Waals surface area (Å²) in [6, 6.07) is 13.7. The number of hydrogen-bond donors (Lipinski definition) is 1. The molecule has 1 amide bonds. The average Bonchev–Trinajstić information content (AvgIpc) is 3.67. The monoisotopic (exact) mass is 641 g/mol. The van der Waals surface area contributed by atoms with Gasteiger partial charge in [-0.3, -0.25) is 9.48 Å². The normalized spacial score (nSPS) is 17.2. The summed E-state index contributed by atoms with van der Waals surface area (Å²) in [5.41, 5.74) is 10.8. The molecule has 1 unspecified atom stereocenters. The molecule has 0 aliphatic carbocycles. The third-order valence-corrected chi connectivity index (χ3v) is 9.42. The molecule has 2 aliphatic rings. The van der Waals surface area contributed by atoms with Crippen molar-refractivity contribution in [2.24, 2.45) is 5.73 Å². The first-order valence-electron chi connectivity index (χ1n) is 15.1. The number of thiophene rings is 1. The lowest BCUT2D eigenvalue weighted by Gasteiger charge is -2.38. The summed E-state index contributed by atoms with van der Waals surface area (Å²) in [5, 5.41) is 7.71. The van der Waals surface area contributed by atoms with Gasteiger partial charge in [0.05, 0.1) is 54.4 Å². The summed E-state index contributed by atoms with van der Waals surface area (Å²) < 4.78 is 44.6. The molecule has 0 spiro atoms. The van der Waals surface area contributed by atoms with E-state index in [1.807, 2.05) is 67.2 Å². The van der Waals surface area contributed by atoms with Crippen LogP contribution in [-0.2, 0) is 21.6 Å². The third-order valence-electron chi connectivity index (χ3n) is 8.49. The molecule has 8 nitrogen and oxygen atoms in total. The molecule has 1 fully saturated rings. The number of halogens is 2. The minimum atomic E-state index is -0.762. The molecular weight excluding hydrogens is 608 g/mol. The topological polar surface area (TPSA) is 95.5 Å². The highest BCUT2D eigenvalue weighted by Crippen LogP contribution is 2.47. The minimum Gasteiger partial charge on any atom is -0.490 e. The van der Waals surface area contributed by atoms with Gasteiger partial charge in [-0.25, -0.2) is 13.8 Å². The molecular formula is C35H33F2N5O3S. The molecule has 2 aromatic carbocycles. The second-order valence-electron chi connectivity index (χ2n) is 12.2. The van der Waals surface area contributed by atoms with Crippen molar-refractivity contribution >= 4 is 27.3 Å². The number of pyridine rings is 1. The summed E-state index contributed by atoms with van der Waals surface area (Å²) in [4.78, 5) is 19.4. The van der Waals surface area contributed by atoms with Gasteiger partial charge in [0.25, 0.3) is 0 Å². The minimum absolute atomic E-state index is 0.0819. The van der Waals surface area contributed by atoms with E-state index in [0.29, 0.717) is 48.9 Å². The zero-order valence-electron chi connectivity index (χ0n) is 25.7. The van der Waals surface area contributed by atoms with Crippen molar-refractivity contribution < 1.29 is 23.0 Å². The van der Waals surface area contributed by atoms with Gasteiger partial charge in [0, 0.05) is 39.9 Å². The predicted molar refractivity (Wildman–Crippen MR) is 174 cm³/mol. The summed E-state index contributed by atoms with van der Waals surface area (Å²) in [6.45, 7) is 11.0. The number of hydrogen-bond acceptors (Lipinski definition) is 7. The summed E-state index contributed by atoms with van der Waals surface area (Å²) in [5.74, 6) is -1.58. The van der Waals surface area contributed by atoms with E-state index in [1.54, 1.807) is 4.90 Å². The Morgan fingerprint density at radius 3 is 2.59 bits per heavy atom. The van der Waals surface area contributed by atoms with Crippen molar-refractivity contribution in [3.63, 3.8) is 0 Å². The van der Waals surface area contributed by atoms with E-state index in [2.05, 4.69) is 6.58 Å². The molecule has 5 heterocycles. The fraction of sp³-hybridized carbons (Fsp3) is 0.286. The van der Waals surface area contributed by atoms with E-state index in [9.17, 15) is 9.18 Å². The van der Waals surface area contributed by atoms with Crippen LogP contribution in [0.5, 0.6) is 5.75 Å². The van der Waals surface area contributed by atoms with Gasteiger partial charge < -0.3 is 20.1 Å². The number of carbonyl (C=O) groups is 1. The lowest BCUT2D eigenvalue weighted by atomic mass is 9.88. The maximum atomic E-state index is 16.0. The number of ether oxygens (including phenoxy) is 2. The van der Waals surface area contributed by atoms with Crippen LogP contribution in [0.2, 0.25) is 0 Å². The maximum absolute atomic E-state index is 16.0. The molecule has 1 atom stereocenters. The lowest BCUT2D eigenvalue weighted by molar-refractivity contribution is -0.127. The molecule has 0 bridgehead atoms. The first-order valence-corrected chi connectivity index (χ1v) is 16.0. The number of fused-ring (bicyclic) bond motifs is 2. The second-order valence-corrected chi connectivity index (χ2v) is 13.2. The van der Waals surface area contributed by atoms with Crippen molar-refractivity contribution in [3.8, 4) is 39.5 Å². The largest absolute Gasteiger partial charge is 0.490 e. The number of nitrogens with zero attached hydrogens (tertiary/aromatic N) is 4. The fourth-order valence-corrected chi connectivity index (χ4v) is 7.20. The number of rotatable bonds is 7. The number of carbonyl (C=O) groups excluding carboxylic acids is 1. The number of nitrogens with two attached hydrogens (primary N) is 1. The molecule has 5 aromatic rings. The number of aromatic nitrogens is 3. The lowest BCUT2D eigenvalue weighted by Crippen LogP contribution is -2.54.